The number of benzene rings is 1. The number of amides is 2. The van der Waals surface area contributed by atoms with E-state index in [1.165, 1.54) is 4.88 Å². The average Bonchev–Trinajstić information content (AvgIpc) is 3.44. The second kappa shape index (κ2) is 9.06. The van der Waals surface area contributed by atoms with Crippen molar-refractivity contribution in [3.05, 3.63) is 65.3 Å². The van der Waals surface area contributed by atoms with Crippen molar-refractivity contribution < 1.29 is 9.59 Å². The number of likely N-dealkylation sites (tertiary alicyclic amines) is 1. The van der Waals surface area contributed by atoms with Crippen LogP contribution in [0.4, 0.5) is 0 Å². The number of hydrogen-bond acceptors (Lipinski definition) is 4. The maximum atomic E-state index is 13.0. The molecule has 1 aliphatic heterocycles. The fourth-order valence-corrected chi connectivity index (χ4v) is 5.27. The SMILES string of the molecule is Cc1ccnn1CCC(=O)N1CCC[C@@](Cc2ccccc2-c2cccs2)(C(N)=O)C1. The number of carbonyl (C=O) groups excluding carboxylic acids is 2. The molecular weight excluding hydrogens is 408 g/mol. The van der Waals surface area contributed by atoms with E-state index in [-0.39, 0.29) is 11.8 Å². The first-order valence-corrected chi connectivity index (χ1v) is 11.5. The average molecular weight is 437 g/mol. The largest absolute Gasteiger partial charge is 0.369 e. The van der Waals surface area contributed by atoms with Crippen LogP contribution in [-0.2, 0) is 22.6 Å². The number of aryl methyl sites for hydroxylation is 2. The molecule has 1 saturated heterocycles. The van der Waals surface area contributed by atoms with Crippen LogP contribution < -0.4 is 5.73 Å². The van der Waals surface area contributed by atoms with Crippen molar-refractivity contribution in [2.24, 2.45) is 11.1 Å². The number of piperidine rings is 1. The van der Waals surface area contributed by atoms with Crippen LogP contribution in [0.2, 0.25) is 0 Å². The summed E-state index contributed by atoms with van der Waals surface area (Å²) >= 11 is 1.68. The number of aromatic nitrogens is 2. The Bertz CT molecular complexity index is 1060. The Hall–Kier alpha value is -2.93. The van der Waals surface area contributed by atoms with E-state index < -0.39 is 5.41 Å². The number of carbonyl (C=O) groups is 2. The van der Waals surface area contributed by atoms with Crippen LogP contribution >= 0.6 is 11.3 Å². The number of hydrogen-bond donors (Lipinski definition) is 1. The van der Waals surface area contributed by atoms with Crippen molar-refractivity contribution in [2.45, 2.75) is 39.2 Å². The van der Waals surface area contributed by atoms with Gasteiger partial charge in [0.2, 0.25) is 11.8 Å². The van der Waals surface area contributed by atoms with E-state index in [0.29, 0.717) is 38.9 Å². The third-order valence-electron chi connectivity index (χ3n) is 6.25. The van der Waals surface area contributed by atoms with Gasteiger partial charge in [0.05, 0.1) is 5.41 Å². The molecule has 31 heavy (non-hydrogen) atoms. The molecular formula is C24H28N4O2S. The summed E-state index contributed by atoms with van der Waals surface area (Å²) < 4.78 is 1.83. The number of thiophene rings is 1. The van der Waals surface area contributed by atoms with Gasteiger partial charge >= 0.3 is 0 Å². The molecule has 6 nitrogen and oxygen atoms in total. The highest BCUT2D eigenvalue weighted by Gasteiger charge is 2.42. The predicted octanol–water partition coefficient (Wildman–Crippen LogP) is 3.65. The van der Waals surface area contributed by atoms with E-state index in [4.69, 9.17) is 5.73 Å². The highest BCUT2D eigenvalue weighted by Crippen LogP contribution is 2.37. The minimum Gasteiger partial charge on any atom is -0.369 e. The summed E-state index contributed by atoms with van der Waals surface area (Å²) in [5.74, 6) is -0.277. The minimum absolute atomic E-state index is 0.0479. The van der Waals surface area contributed by atoms with Gasteiger partial charge < -0.3 is 10.6 Å². The number of rotatable bonds is 7. The van der Waals surface area contributed by atoms with Crippen molar-refractivity contribution >= 4 is 23.2 Å². The molecule has 0 spiro atoms. The Balaban J connectivity index is 1.52. The quantitative estimate of drug-likeness (QED) is 0.614. The van der Waals surface area contributed by atoms with Crippen LogP contribution in [0.3, 0.4) is 0 Å². The van der Waals surface area contributed by atoms with Crippen molar-refractivity contribution in [3.63, 3.8) is 0 Å². The van der Waals surface area contributed by atoms with Crippen LogP contribution in [0.1, 0.15) is 30.5 Å². The van der Waals surface area contributed by atoms with Crippen molar-refractivity contribution in [2.75, 3.05) is 13.1 Å². The molecule has 1 aliphatic rings. The lowest BCUT2D eigenvalue weighted by Crippen LogP contribution is -2.53. The molecule has 0 radical (unpaired) electrons. The highest BCUT2D eigenvalue weighted by atomic mass is 32.1. The first kappa shape index (κ1) is 21.3. The molecule has 1 aromatic carbocycles. The van der Waals surface area contributed by atoms with Crippen molar-refractivity contribution in [3.8, 4) is 10.4 Å². The van der Waals surface area contributed by atoms with Gasteiger partial charge in [0.1, 0.15) is 0 Å². The normalized spacial score (nSPS) is 18.8. The lowest BCUT2D eigenvalue weighted by Gasteiger charge is -2.41. The second-order valence-electron chi connectivity index (χ2n) is 8.32. The zero-order chi connectivity index (χ0) is 21.8. The summed E-state index contributed by atoms with van der Waals surface area (Å²) in [6.07, 6.45) is 4.12. The molecule has 0 bridgehead atoms. The lowest BCUT2D eigenvalue weighted by atomic mass is 9.73. The van der Waals surface area contributed by atoms with Gasteiger partial charge in [-0.05, 0) is 54.8 Å². The molecule has 1 fully saturated rings. The Kier molecular flexibility index (Phi) is 6.23. The molecule has 7 heteroatoms. The summed E-state index contributed by atoms with van der Waals surface area (Å²) in [6, 6.07) is 14.2. The van der Waals surface area contributed by atoms with Gasteiger partial charge in [-0.3, -0.25) is 14.3 Å². The Morgan fingerprint density at radius 2 is 2.03 bits per heavy atom. The van der Waals surface area contributed by atoms with E-state index in [0.717, 1.165) is 23.2 Å². The first-order chi connectivity index (χ1) is 15.0. The standard InChI is InChI=1S/C24H28N4O2S/c1-18-9-12-26-28(18)14-10-22(29)27-13-5-11-24(17-27,23(25)30)16-19-6-2-3-7-20(19)21-8-4-15-31-21/h2-4,6-9,12,15H,5,10-11,13-14,16-17H2,1H3,(H2,25,30)/t24-/m0/s1. The van der Waals surface area contributed by atoms with E-state index in [1.54, 1.807) is 17.5 Å². The van der Waals surface area contributed by atoms with E-state index in [9.17, 15) is 9.59 Å². The topological polar surface area (TPSA) is 81.2 Å². The molecule has 162 valence electrons. The monoisotopic (exact) mass is 436 g/mol. The Morgan fingerprint density at radius 1 is 1.19 bits per heavy atom. The third-order valence-corrected chi connectivity index (χ3v) is 7.15. The molecule has 0 unspecified atom stereocenters. The molecule has 3 heterocycles. The zero-order valence-electron chi connectivity index (χ0n) is 17.8. The van der Waals surface area contributed by atoms with E-state index >= 15 is 0 Å². The first-order valence-electron chi connectivity index (χ1n) is 10.7. The van der Waals surface area contributed by atoms with Gasteiger partial charge in [0, 0.05) is 42.8 Å². The molecule has 1 atom stereocenters. The Morgan fingerprint density at radius 3 is 2.74 bits per heavy atom. The molecule has 2 amide bonds. The van der Waals surface area contributed by atoms with Gasteiger partial charge in [0.25, 0.3) is 0 Å². The fourth-order valence-electron chi connectivity index (χ4n) is 4.48. The molecule has 0 aliphatic carbocycles. The third kappa shape index (κ3) is 4.56. The zero-order valence-corrected chi connectivity index (χ0v) is 18.6. The Labute approximate surface area is 186 Å². The smallest absolute Gasteiger partial charge is 0.225 e. The van der Waals surface area contributed by atoms with Crippen LogP contribution in [0, 0.1) is 12.3 Å². The molecule has 2 aromatic heterocycles. The minimum atomic E-state index is -0.747. The fraction of sp³-hybridized carbons (Fsp3) is 0.375. The second-order valence-corrected chi connectivity index (χ2v) is 9.27. The van der Waals surface area contributed by atoms with Gasteiger partial charge in [-0.15, -0.1) is 11.3 Å². The molecule has 3 aromatic rings. The summed E-state index contributed by atoms with van der Waals surface area (Å²) in [6.45, 7) is 3.55. The lowest BCUT2D eigenvalue weighted by molar-refractivity contribution is -0.140. The maximum Gasteiger partial charge on any atom is 0.225 e. The van der Waals surface area contributed by atoms with Gasteiger partial charge in [-0.1, -0.05) is 30.3 Å². The highest BCUT2D eigenvalue weighted by molar-refractivity contribution is 7.13. The molecule has 0 saturated carbocycles. The van der Waals surface area contributed by atoms with Crippen molar-refractivity contribution in [1.29, 1.82) is 0 Å². The number of nitrogens with two attached hydrogens (primary N) is 1. The number of primary amides is 1. The summed E-state index contributed by atoms with van der Waals surface area (Å²) in [5, 5.41) is 6.31. The van der Waals surface area contributed by atoms with Crippen molar-refractivity contribution in [1.82, 2.24) is 14.7 Å². The summed E-state index contributed by atoms with van der Waals surface area (Å²) in [7, 11) is 0. The number of nitrogens with zero attached hydrogens (tertiary/aromatic N) is 3. The molecule has 4 rings (SSSR count). The van der Waals surface area contributed by atoms with Crippen LogP contribution in [0.15, 0.2) is 54.0 Å². The van der Waals surface area contributed by atoms with Gasteiger partial charge in [-0.2, -0.15) is 5.10 Å². The van der Waals surface area contributed by atoms with Gasteiger partial charge in [-0.25, -0.2) is 0 Å². The van der Waals surface area contributed by atoms with Crippen LogP contribution in [0.5, 0.6) is 0 Å². The van der Waals surface area contributed by atoms with E-state index in [1.807, 2.05) is 40.8 Å². The predicted molar refractivity (Wildman–Crippen MR) is 122 cm³/mol. The van der Waals surface area contributed by atoms with E-state index in [2.05, 4.69) is 28.7 Å². The summed E-state index contributed by atoms with van der Waals surface area (Å²) in [5.41, 5.74) is 8.48. The summed E-state index contributed by atoms with van der Waals surface area (Å²) in [4.78, 5) is 28.7. The molecule has 2 N–H and O–H groups in total. The van der Waals surface area contributed by atoms with Gasteiger partial charge in [0.15, 0.2) is 0 Å². The maximum absolute atomic E-state index is 13.0. The van der Waals surface area contributed by atoms with Crippen LogP contribution in [0.25, 0.3) is 10.4 Å². The van der Waals surface area contributed by atoms with Crippen LogP contribution in [-0.4, -0.2) is 39.6 Å².